The van der Waals surface area contributed by atoms with Crippen molar-refractivity contribution in [1.82, 2.24) is 9.97 Å². The molecule has 0 bridgehead atoms. The van der Waals surface area contributed by atoms with Gasteiger partial charge < -0.3 is 4.74 Å². The number of alkyl halides is 1. The van der Waals surface area contributed by atoms with E-state index in [1.54, 1.807) is 6.20 Å². The maximum atomic E-state index is 6.10. The van der Waals surface area contributed by atoms with E-state index in [4.69, 9.17) is 16.3 Å². The lowest BCUT2D eigenvalue weighted by molar-refractivity contribution is 0.306. The fourth-order valence-electron chi connectivity index (χ4n) is 1.62. The van der Waals surface area contributed by atoms with Crippen molar-refractivity contribution in [3.05, 3.63) is 29.0 Å². The molecule has 0 aliphatic heterocycles. The molecule has 1 saturated carbocycles. The second-order valence-corrected chi connectivity index (χ2v) is 4.98. The average molecular weight is 314 g/mol. The van der Waals surface area contributed by atoms with Gasteiger partial charge in [0.15, 0.2) is 0 Å². The minimum absolute atomic E-state index is 0.344. The Morgan fingerprint density at radius 3 is 3.00 bits per heavy atom. The van der Waals surface area contributed by atoms with Gasteiger partial charge in [-0.25, -0.2) is 4.98 Å². The van der Waals surface area contributed by atoms with E-state index in [9.17, 15) is 0 Å². The van der Waals surface area contributed by atoms with Crippen LogP contribution in [0.15, 0.2) is 18.3 Å². The summed E-state index contributed by atoms with van der Waals surface area (Å²) in [5, 5.41) is 1.17. The van der Waals surface area contributed by atoms with E-state index in [1.165, 1.54) is 0 Å². The summed E-state index contributed by atoms with van der Waals surface area (Å²) in [6.45, 7) is 0. The highest BCUT2D eigenvalue weighted by atomic mass is 79.9. The highest BCUT2D eigenvalue weighted by Gasteiger charge is 2.24. The first-order chi connectivity index (χ1) is 8.28. The second kappa shape index (κ2) is 4.42. The first-order valence-electron chi connectivity index (χ1n) is 5.44. The Balaban J connectivity index is 2.13. The maximum Gasteiger partial charge on any atom is 0.149 e. The van der Waals surface area contributed by atoms with Crippen LogP contribution in [0, 0.1) is 0 Å². The Kier molecular flexibility index (Phi) is 2.92. The Hall–Kier alpha value is -0.870. The number of hydrogen-bond acceptors (Lipinski definition) is 3. The third-order valence-electron chi connectivity index (χ3n) is 2.66. The first kappa shape index (κ1) is 11.2. The lowest BCUT2D eigenvalue weighted by Gasteiger charge is -2.08. The van der Waals surface area contributed by atoms with Crippen molar-refractivity contribution >= 4 is 38.6 Å². The lowest BCUT2D eigenvalue weighted by atomic mass is 10.2. The van der Waals surface area contributed by atoms with E-state index in [0.717, 1.165) is 35.2 Å². The number of aromatic nitrogens is 2. The number of rotatable bonds is 3. The van der Waals surface area contributed by atoms with Crippen LogP contribution in [-0.4, -0.2) is 16.1 Å². The molecule has 1 aliphatic carbocycles. The van der Waals surface area contributed by atoms with Crippen molar-refractivity contribution in [3.8, 4) is 5.75 Å². The van der Waals surface area contributed by atoms with Crippen LogP contribution in [0.1, 0.15) is 18.4 Å². The van der Waals surface area contributed by atoms with Crippen LogP contribution in [0.5, 0.6) is 5.75 Å². The predicted molar refractivity (Wildman–Crippen MR) is 70.8 cm³/mol. The summed E-state index contributed by atoms with van der Waals surface area (Å²) >= 11 is 9.48. The zero-order valence-corrected chi connectivity index (χ0v) is 11.3. The van der Waals surface area contributed by atoms with Gasteiger partial charge in [0.2, 0.25) is 0 Å². The second-order valence-electron chi connectivity index (χ2n) is 4.07. The fourth-order valence-corrected chi connectivity index (χ4v) is 2.41. The van der Waals surface area contributed by atoms with Crippen molar-refractivity contribution in [2.45, 2.75) is 24.3 Å². The number of pyridine rings is 2. The normalized spacial score (nSPS) is 15.2. The molecular weight excluding hydrogens is 304 g/mol. The van der Waals surface area contributed by atoms with Crippen LogP contribution in [0.2, 0.25) is 5.15 Å². The molecule has 0 N–H and O–H groups in total. The van der Waals surface area contributed by atoms with Crippen molar-refractivity contribution < 1.29 is 4.74 Å². The molecule has 3 rings (SSSR count). The van der Waals surface area contributed by atoms with Crippen molar-refractivity contribution in [2.75, 3.05) is 0 Å². The molecule has 0 unspecified atom stereocenters. The molecule has 0 atom stereocenters. The highest BCUT2D eigenvalue weighted by Crippen LogP contribution is 2.32. The molecule has 2 aromatic rings. The van der Waals surface area contributed by atoms with Gasteiger partial charge in [0.1, 0.15) is 16.4 Å². The summed E-state index contributed by atoms with van der Waals surface area (Å²) in [5.41, 5.74) is 2.51. The largest absolute Gasteiger partial charge is 0.488 e. The minimum atomic E-state index is 0.344. The van der Waals surface area contributed by atoms with Crippen LogP contribution >= 0.6 is 27.5 Å². The summed E-state index contributed by atoms with van der Waals surface area (Å²) in [6.07, 6.45) is 4.33. The molecule has 0 saturated heterocycles. The van der Waals surface area contributed by atoms with Gasteiger partial charge in [-0.1, -0.05) is 27.5 Å². The third-order valence-corrected chi connectivity index (χ3v) is 3.59. The van der Waals surface area contributed by atoms with Crippen LogP contribution in [0.3, 0.4) is 0 Å². The molecule has 17 heavy (non-hydrogen) atoms. The molecular formula is C12H10BrClN2O. The quantitative estimate of drug-likeness (QED) is 0.640. The van der Waals surface area contributed by atoms with Gasteiger partial charge in [0.05, 0.1) is 11.6 Å². The summed E-state index contributed by atoms with van der Waals surface area (Å²) in [5.74, 6) is 0.778. The van der Waals surface area contributed by atoms with E-state index in [1.807, 2.05) is 12.1 Å². The molecule has 1 aliphatic rings. The zero-order valence-electron chi connectivity index (χ0n) is 8.99. The first-order valence-corrected chi connectivity index (χ1v) is 6.94. The molecule has 0 spiro atoms. The number of halogens is 2. The van der Waals surface area contributed by atoms with Gasteiger partial charge >= 0.3 is 0 Å². The van der Waals surface area contributed by atoms with E-state index < -0.39 is 0 Å². The van der Waals surface area contributed by atoms with E-state index >= 15 is 0 Å². The average Bonchev–Trinajstić information content (AvgIpc) is 3.13. The molecule has 0 radical (unpaired) electrons. The van der Waals surface area contributed by atoms with Gasteiger partial charge in [0.25, 0.3) is 0 Å². The molecule has 1 fully saturated rings. The molecule has 88 valence electrons. The summed E-state index contributed by atoms with van der Waals surface area (Å²) < 4.78 is 5.79. The van der Waals surface area contributed by atoms with E-state index in [2.05, 4.69) is 25.9 Å². The minimum Gasteiger partial charge on any atom is -0.488 e. The van der Waals surface area contributed by atoms with Crippen LogP contribution in [0.4, 0.5) is 0 Å². The Labute approximate surface area is 112 Å². The van der Waals surface area contributed by atoms with Gasteiger partial charge in [0, 0.05) is 23.2 Å². The van der Waals surface area contributed by atoms with Crippen LogP contribution in [-0.2, 0) is 5.33 Å². The molecule has 3 nitrogen and oxygen atoms in total. The number of ether oxygens (including phenoxy) is 1. The topological polar surface area (TPSA) is 35.0 Å². The smallest absolute Gasteiger partial charge is 0.149 e. The van der Waals surface area contributed by atoms with Gasteiger partial charge in [-0.3, -0.25) is 4.98 Å². The molecule has 2 aromatic heterocycles. The summed E-state index contributed by atoms with van der Waals surface area (Å²) in [4.78, 5) is 8.67. The lowest BCUT2D eigenvalue weighted by Crippen LogP contribution is -1.99. The predicted octanol–water partition coefficient (Wildman–Crippen LogP) is 3.72. The van der Waals surface area contributed by atoms with Crippen LogP contribution in [0.25, 0.3) is 11.0 Å². The van der Waals surface area contributed by atoms with Gasteiger partial charge in [-0.15, -0.1) is 0 Å². The molecule has 0 amide bonds. The number of hydrogen-bond donors (Lipinski definition) is 0. The highest BCUT2D eigenvalue weighted by molar-refractivity contribution is 9.08. The van der Waals surface area contributed by atoms with Crippen molar-refractivity contribution in [3.63, 3.8) is 0 Å². The van der Waals surface area contributed by atoms with Gasteiger partial charge in [-0.2, -0.15) is 0 Å². The van der Waals surface area contributed by atoms with Crippen molar-refractivity contribution in [2.24, 2.45) is 0 Å². The van der Waals surface area contributed by atoms with Crippen LogP contribution < -0.4 is 4.74 Å². The summed E-state index contributed by atoms with van der Waals surface area (Å²) in [6, 6.07) is 3.79. The Bertz CT molecular complexity index is 572. The number of nitrogens with zero attached hydrogens (tertiary/aromatic N) is 2. The molecule has 0 aromatic carbocycles. The SMILES string of the molecule is Clc1nc2c(OC3CC3)ccnc2cc1CBr. The Morgan fingerprint density at radius 2 is 2.29 bits per heavy atom. The monoisotopic (exact) mass is 312 g/mol. The van der Waals surface area contributed by atoms with Gasteiger partial charge in [-0.05, 0) is 18.9 Å². The van der Waals surface area contributed by atoms with Crippen molar-refractivity contribution in [1.29, 1.82) is 0 Å². The standard InChI is InChI=1S/C12H10BrClN2O/c13-6-7-5-9-11(16-12(7)14)10(3-4-15-9)17-8-1-2-8/h3-5,8H,1-2,6H2. The summed E-state index contributed by atoms with van der Waals surface area (Å²) in [7, 11) is 0. The fraction of sp³-hybridized carbons (Fsp3) is 0.333. The number of fused-ring (bicyclic) bond motifs is 1. The molecule has 5 heteroatoms. The third kappa shape index (κ3) is 2.24. The Morgan fingerprint density at radius 1 is 1.47 bits per heavy atom. The maximum absolute atomic E-state index is 6.10. The van der Waals surface area contributed by atoms with E-state index in [0.29, 0.717) is 16.6 Å². The zero-order chi connectivity index (χ0) is 11.8. The molecule has 2 heterocycles. The van der Waals surface area contributed by atoms with E-state index in [-0.39, 0.29) is 0 Å².